The molecule has 15 heavy (non-hydrogen) atoms. The van der Waals surface area contributed by atoms with Crippen LogP contribution in [0.1, 0.15) is 58.8 Å². The van der Waals surface area contributed by atoms with Crippen molar-refractivity contribution in [2.45, 2.75) is 58.8 Å². The molecule has 1 atom stereocenters. The number of rotatable bonds is 10. The van der Waals surface area contributed by atoms with Gasteiger partial charge in [0.2, 0.25) is 0 Å². The zero-order valence-corrected chi connectivity index (χ0v) is 10.4. The Morgan fingerprint density at radius 2 is 2.00 bits per heavy atom. The maximum atomic E-state index is 8.38. The molecular weight excluding hydrogens is 184 g/mol. The van der Waals surface area contributed by atoms with E-state index < -0.39 is 0 Å². The van der Waals surface area contributed by atoms with Crippen molar-refractivity contribution in [2.24, 2.45) is 5.92 Å². The molecule has 0 aliphatic rings. The van der Waals surface area contributed by atoms with Crippen LogP contribution in [0.4, 0.5) is 0 Å². The second-order valence-electron chi connectivity index (χ2n) is 4.24. The van der Waals surface area contributed by atoms with E-state index in [0.717, 1.165) is 31.8 Å². The molecule has 1 unspecified atom stereocenters. The van der Waals surface area contributed by atoms with Gasteiger partial charge in [-0.15, -0.1) is 0 Å². The molecule has 0 aromatic heterocycles. The maximum Gasteiger partial charge on any atom is 0.0621 e. The molecule has 88 valence electrons. The smallest absolute Gasteiger partial charge is 0.0621 e. The SMILES string of the molecule is CCCCC(CC)CNCCCCC#N. The van der Waals surface area contributed by atoms with Gasteiger partial charge in [0.05, 0.1) is 6.07 Å². The third-order valence-corrected chi connectivity index (χ3v) is 2.87. The zero-order chi connectivity index (χ0) is 11.4. The van der Waals surface area contributed by atoms with Crippen LogP contribution in [0.3, 0.4) is 0 Å². The Balaban J connectivity index is 3.27. The highest BCUT2D eigenvalue weighted by Gasteiger charge is 2.04. The van der Waals surface area contributed by atoms with E-state index in [2.05, 4.69) is 25.2 Å². The molecule has 0 aliphatic carbocycles. The summed E-state index contributed by atoms with van der Waals surface area (Å²) in [4.78, 5) is 0. The highest BCUT2D eigenvalue weighted by atomic mass is 14.8. The van der Waals surface area contributed by atoms with Crippen LogP contribution in [0, 0.1) is 17.2 Å². The molecule has 0 aliphatic heterocycles. The van der Waals surface area contributed by atoms with Crippen molar-refractivity contribution in [1.29, 1.82) is 5.26 Å². The molecule has 0 amide bonds. The number of hydrogen-bond acceptors (Lipinski definition) is 2. The standard InChI is InChI=1S/C13H26N2/c1-3-5-9-13(4-2)12-15-11-8-6-7-10-14/h13,15H,3-9,11-12H2,1-2H3. The van der Waals surface area contributed by atoms with Crippen LogP contribution in [-0.4, -0.2) is 13.1 Å². The van der Waals surface area contributed by atoms with Crippen molar-refractivity contribution in [2.75, 3.05) is 13.1 Å². The molecule has 0 saturated carbocycles. The Labute approximate surface area is 95.1 Å². The molecule has 0 fully saturated rings. The molecule has 0 radical (unpaired) electrons. The quantitative estimate of drug-likeness (QED) is 0.560. The number of nitrogens with one attached hydrogen (secondary N) is 1. The fourth-order valence-corrected chi connectivity index (χ4v) is 1.70. The molecule has 0 bridgehead atoms. The molecule has 0 saturated heterocycles. The van der Waals surface area contributed by atoms with Crippen LogP contribution in [-0.2, 0) is 0 Å². The Morgan fingerprint density at radius 1 is 1.20 bits per heavy atom. The van der Waals surface area contributed by atoms with E-state index in [0.29, 0.717) is 6.42 Å². The lowest BCUT2D eigenvalue weighted by atomic mass is 9.99. The first-order valence-electron chi connectivity index (χ1n) is 6.42. The molecule has 0 spiro atoms. The summed E-state index contributed by atoms with van der Waals surface area (Å²) in [5, 5.41) is 11.9. The Kier molecular flexibility index (Phi) is 11.1. The van der Waals surface area contributed by atoms with Gasteiger partial charge in [0, 0.05) is 6.42 Å². The third-order valence-electron chi connectivity index (χ3n) is 2.87. The molecule has 0 aromatic rings. The number of nitriles is 1. The first-order chi connectivity index (χ1) is 7.35. The van der Waals surface area contributed by atoms with Crippen molar-refractivity contribution < 1.29 is 0 Å². The fourth-order valence-electron chi connectivity index (χ4n) is 1.70. The van der Waals surface area contributed by atoms with Crippen molar-refractivity contribution in [3.8, 4) is 6.07 Å². The van der Waals surface area contributed by atoms with Crippen LogP contribution < -0.4 is 5.32 Å². The van der Waals surface area contributed by atoms with Gasteiger partial charge in [-0.1, -0.05) is 33.1 Å². The fraction of sp³-hybridized carbons (Fsp3) is 0.923. The van der Waals surface area contributed by atoms with E-state index in [9.17, 15) is 0 Å². The molecule has 0 heterocycles. The van der Waals surface area contributed by atoms with E-state index in [1.807, 2.05) is 0 Å². The van der Waals surface area contributed by atoms with Crippen molar-refractivity contribution >= 4 is 0 Å². The molecule has 2 nitrogen and oxygen atoms in total. The summed E-state index contributed by atoms with van der Waals surface area (Å²) < 4.78 is 0. The second kappa shape index (κ2) is 11.5. The second-order valence-corrected chi connectivity index (χ2v) is 4.24. The maximum absolute atomic E-state index is 8.38. The van der Waals surface area contributed by atoms with Crippen molar-refractivity contribution in [1.82, 2.24) is 5.32 Å². The summed E-state index contributed by atoms with van der Waals surface area (Å²) in [6.07, 6.45) is 8.18. The molecule has 0 aromatic carbocycles. The minimum Gasteiger partial charge on any atom is -0.316 e. The van der Waals surface area contributed by atoms with Gasteiger partial charge in [-0.3, -0.25) is 0 Å². The molecule has 0 rings (SSSR count). The lowest BCUT2D eigenvalue weighted by Gasteiger charge is -2.14. The topological polar surface area (TPSA) is 35.8 Å². The van der Waals surface area contributed by atoms with Crippen LogP contribution in [0.5, 0.6) is 0 Å². The van der Waals surface area contributed by atoms with Crippen LogP contribution >= 0.6 is 0 Å². The van der Waals surface area contributed by atoms with Gasteiger partial charge in [-0.05, 0) is 38.3 Å². The lowest BCUT2D eigenvalue weighted by molar-refractivity contribution is 0.417. The normalized spacial score (nSPS) is 12.3. The number of nitrogens with zero attached hydrogens (tertiary/aromatic N) is 1. The highest BCUT2D eigenvalue weighted by Crippen LogP contribution is 2.11. The average Bonchev–Trinajstić information content (AvgIpc) is 2.27. The van der Waals surface area contributed by atoms with Gasteiger partial charge >= 0.3 is 0 Å². The summed E-state index contributed by atoms with van der Waals surface area (Å²) in [6, 6.07) is 2.18. The van der Waals surface area contributed by atoms with E-state index in [1.54, 1.807) is 0 Å². The van der Waals surface area contributed by atoms with Crippen LogP contribution in [0.2, 0.25) is 0 Å². The van der Waals surface area contributed by atoms with Gasteiger partial charge in [0.1, 0.15) is 0 Å². The minimum absolute atomic E-state index is 0.703. The van der Waals surface area contributed by atoms with Gasteiger partial charge in [0.25, 0.3) is 0 Å². The van der Waals surface area contributed by atoms with E-state index in [-0.39, 0.29) is 0 Å². The van der Waals surface area contributed by atoms with Crippen molar-refractivity contribution in [3.63, 3.8) is 0 Å². The Hall–Kier alpha value is -0.550. The molecule has 2 heteroatoms. The lowest BCUT2D eigenvalue weighted by Crippen LogP contribution is -2.23. The minimum atomic E-state index is 0.703. The predicted octanol–water partition coefficient (Wildman–Crippen LogP) is 3.49. The summed E-state index contributed by atoms with van der Waals surface area (Å²) in [7, 11) is 0. The molecular formula is C13H26N2. The van der Waals surface area contributed by atoms with Crippen LogP contribution in [0.15, 0.2) is 0 Å². The van der Waals surface area contributed by atoms with Gasteiger partial charge in [-0.25, -0.2) is 0 Å². The van der Waals surface area contributed by atoms with Crippen molar-refractivity contribution in [3.05, 3.63) is 0 Å². The Bertz CT molecular complexity index is 160. The summed E-state index contributed by atoms with van der Waals surface area (Å²) in [5.74, 6) is 0.848. The van der Waals surface area contributed by atoms with Crippen LogP contribution in [0.25, 0.3) is 0 Å². The number of hydrogen-bond donors (Lipinski definition) is 1. The third kappa shape index (κ3) is 9.75. The zero-order valence-electron chi connectivity index (χ0n) is 10.4. The highest BCUT2D eigenvalue weighted by molar-refractivity contribution is 4.68. The van der Waals surface area contributed by atoms with Gasteiger partial charge in [0.15, 0.2) is 0 Å². The largest absolute Gasteiger partial charge is 0.316 e. The van der Waals surface area contributed by atoms with E-state index in [4.69, 9.17) is 5.26 Å². The van der Waals surface area contributed by atoms with E-state index >= 15 is 0 Å². The molecule has 1 N–H and O–H groups in total. The first-order valence-corrected chi connectivity index (χ1v) is 6.42. The summed E-state index contributed by atoms with van der Waals surface area (Å²) in [6.45, 7) is 6.76. The monoisotopic (exact) mass is 210 g/mol. The Morgan fingerprint density at radius 3 is 2.60 bits per heavy atom. The van der Waals surface area contributed by atoms with Gasteiger partial charge < -0.3 is 5.32 Å². The predicted molar refractivity (Wildman–Crippen MR) is 65.6 cm³/mol. The summed E-state index contributed by atoms with van der Waals surface area (Å²) in [5.41, 5.74) is 0. The average molecular weight is 210 g/mol. The van der Waals surface area contributed by atoms with E-state index in [1.165, 1.54) is 25.7 Å². The summed E-state index contributed by atoms with van der Waals surface area (Å²) >= 11 is 0. The number of unbranched alkanes of at least 4 members (excludes halogenated alkanes) is 3. The van der Waals surface area contributed by atoms with Gasteiger partial charge in [-0.2, -0.15) is 5.26 Å². The first kappa shape index (κ1) is 14.5.